The molecular weight excluding hydrogens is 188 g/mol. The normalized spacial score (nSPS) is 21.8. The Hall–Kier alpha value is -0.120. The van der Waals surface area contributed by atoms with Gasteiger partial charge in [-0.15, -0.1) is 0 Å². The van der Waals surface area contributed by atoms with Gasteiger partial charge in [-0.2, -0.15) is 0 Å². The van der Waals surface area contributed by atoms with Crippen molar-refractivity contribution in [2.75, 3.05) is 40.4 Å². The fourth-order valence-electron chi connectivity index (χ4n) is 2.49. The molecule has 90 valence electrons. The van der Waals surface area contributed by atoms with Crippen LogP contribution in [0.2, 0.25) is 0 Å². The molecule has 0 aromatic rings. The molecular formula is C12H26N2O. The summed E-state index contributed by atoms with van der Waals surface area (Å²) in [5.74, 6) is 0.790. The van der Waals surface area contributed by atoms with Crippen molar-refractivity contribution in [3.63, 3.8) is 0 Å². The predicted octanol–water partition coefficient (Wildman–Crippen LogP) is 1.34. The van der Waals surface area contributed by atoms with E-state index in [4.69, 9.17) is 4.74 Å². The Kier molecular flexibility index (Phi) is 6.22. The second-order valence-corrected chi connectivity index (χ2v) is 4.55. The van der Waals surface area contributed by atoms with Gasteiger partial charge in [0.15, 0.2) is 0 Å². The van der Waals surface area contributed by atoms with E-state index in [1.807, 2.05) is 14.2 Å². The summed E-state index contributed by atoms with van der Waals surface area (Å²) in [4.78, 5) is 2.63. The topological polar surface area (TPSA) is 24.5 Å². The van der Waals surface area contributed by atoms with E-state index in [1.54, 1.807) is 0 Å². The van der Waals surface area contributed by atoms with Crippen molar-refractivity contribution in [1.82, 2.24) is 10.2 Å². The van der Waals surface area contributed by atoms with Crippen molar-refractivity contribution >= 4 is 0 Å². The van der Waals surface area contributed by atoms with Crippen molar-refractivity contribution < 1.29 is 4.74 Å². The molecule has 1 N–H and O–H groups in total. The van der Waals surface area contributed by atoms with E-state index in [-0.39, 0.29) is 0 Å². The maximum atomic E-state index is 5.22. The first-order valence-electron chi connectivity index (χ1n) is 6.19. The molecule has 0 aromatic carbocycles. The summed E-state index contributed by atoms with van der Waals surface area (Å²) >= 11 is 0. The number of methoxy groups -OCH3 is 1. The molecule has 1 heterocycles. The van der Waals surface area contributed by atoms with Gasteiger partial charge in [0.1, 0.15) is 0 Å². The maximum absolute atomic E-state index is 5.22. The molecule has 1 rings (SSSR count). The largest absolute Gasteiger partial charge is 0.384 e. The summed E-state index contributed by atoms with van der Waals surface area (Å²) in [7, 11) is 3.85. The van der Waals surface area contributed by atoms with Gasteiger partial charge < -0.3 is 10.1 Å². The van der Waals surface area contributed by atoms with Crippen molar-refractivity contribution in [3.05, 3.63) is 0 Å². The van der Waals surface area contributed by atoms with Crippen LogP contribution in [0.4, 0.5) is 0 Å². The van der Waals surface area contributed by atoms with Gasteiger partial charge >= 0.3 is 0 Å². The van der Waals surface area contributed by atoms with Crippen LogP contribution in [-0.4, -0.2) is 51.3 Å². The van der Waals surface area contributed by atoms with E-state index >= 15 is 0 Å². The number of nitrogens with zero attached hydrogens (tertiary/aromatic N) is 1. The highest BCUT2D eigenvalue weighted by Gasteiger charge is 2.23. The molecule has 0 amide bonds. The molecule has 3 nitrogen and oxygen atoms in total. The average Bonchev–Trinajstić information content (AvgIpc) is 2.28. The van der Waals surface area contributed by atoms with E-state index < -0.39 is 0 Å². The maximum Gasteiger partial charge on any atom is 0.0491 e. The number of piperidine rings is 1. The summed E-state index contributed by atoms with van der Waals surface area (Å²) in [6.45, 7) is 6.83. The lowest BCUT2D eigenvalue weighted by Gasteiger charge is -2.37. The van der Waals surface area contributed by atoms with Crippen LogP contribution in [0.1, 0.15) is 26.2 Å². The minimum absolute atomic E-state index is 0.721. The smallest absolute Gasteiger partial charge is 0.0491 e. The Bertz CT molecular complexity index is 156. The van der Waals surface area contributed by atoms with Gasteiger partial charge in [-0.1, -0.05) is 6.92 Å². The number of likely N-dealkylation sites (tertiary alicyclic amines) is 1. The SMILES string of the molecule is CCC(CNC)N1CCC(COC)CC1. The van der Waals surface area contributed by atoms with Crippen LogP contribution in [-0.2, 0) is 4.74 Å². The van der Waals surface area contributed by atoms with Crippen molar-refractivity contribution in [1.29, 1.82) is 0 Å². The zero-order valence-corrected chi connectivity index (χ0v) is 10.5. The fourth-order valence-corrected chi connectivity index (χ4v) is 2.49. The summed E-state index contributed by atoms with van der Waals surface area (Å²) in [6, 6.07) is 0.721. The third kappa shape index (κ3) is 4.09. The monoisotopic (exact) mass is 214 g/mol. The van der Waals surface area contributed by atoms with Crippen LogP contribution in [0.25, 0.3) is 0 Å². The Morgan fingerprint density at radius 3 is 2.53 bits per heavy atom. The van der Waals surface area contributed by atoms with E-state index in [1.165, 1.54) is 32.4 Å². The molecule has 1 aliphatic heterocycles. The van der Waals surface area contributed by atoms with Crippen LogP contribution < -0.4 is 5.32 Å². The zero-order valence-electron chi connectivity index (χ0n) is 10.5. The molecule has 0 aromatic heterocycles. The lowest BCUT2D eigenvalue weighted by molar-refractivity contribution is 0.0785. The molecule has 0 bridgehead atoms. The summed E-state index contributed by atoms with van der Waals surface area (Å²) in [5.41, 5.74) is 0. The highest BCUT2D eigenvalue weighted by molar-refractivity contribution is 4.78. The highest BCUT2D eigenvalue weighted by Crippen LogP contribution is 2.19. The number of hydrogen-bond acceptors (Lipinski definition) is 3. The molecule has 1 saturated heterocycles. The van der Waals surface area contributed by atoms with E-state index in [9.17, 15) is 0 Å². The van der Waals surface area contributed by atoms with E-state index in [2.05, 4.69) is 17.1 Å². The van der Waals surface area contributed by atoms with Gasteiger partial charge in [-0.3, -0.25) is 4.90 Å². The molecule has 3 heteroatoms. The number of hydrogen-bond donors (Lipinski definition) is 1. The molecule has 15 heavy (non-hydrogen) atoms. The van der Waals surface area contributed by atoms with Crippen LogP contribution in [0.5, 0.6) is 0 Å². The van der Waals surface area contributed by atoms with E-state index in [0.29, 0.717) is 0 Å². The molecule has 1 unspecified atom stereocenters. The third-order valence-electron chi connectivity index (χ3n) is 3.48. The Morgan fingerprint density at radius 1 is 1.40 bits per heavy atom. The molecule has 0 radical (unpaired) electrons. The van der Waals surface area contributed by atoms with Gasteiger partial charge in [0.05, 0.1) is 0 Å². The van der Waals surface area contributed by atoms with Gasteiger partial charge in [0.25, 0.3) is 0 Å². The average molecular weight is 214 g/mol. The molecule has 0 spiro atoms. The Balaban J connectivity index is 2.28. The predicted molar refractivity (Wildman–Crippen MR) is 64.2 cm³/mol. The number of rotatable bonds is 6. The van der Waals surface area contributed by atoms with Crippen molar-refractivity contribution in [2.24, 2.45) is 5.92 Å². The van der Waals surface area contributed by atoms with Gasteiger partial charge in [0, 0.05) is 26.3 Å². The summed E-state index contributed by atoms with van der Waals surface area (Å²) < 4.78 is 5.22. The number of ether oxygens (including phenoxy) is 1. The van der Waals surface area contributed by atoms with Crippen molar-refractivity contribution in [2.45, 2.75) is 32.2 Å². The third-order valence-corrected chi connectivity index (χ3v) is 3.48. The Morgan fingerprint density at radius 2 is 2.07 bits per heavy atom. The second-order valence-electron chi connectivity index (χ2n) is 4.55. The van der Waals surface area contributed by atoms with E-state index in [0.717, 1.165) is 25.1 Å². The van der Waals surface area contributed by atoms with Crippen molar-refractivity contribution in [3.8, 4) is 0 Å². The number of likely N-dealkylation sites (N-methyl/N-ethyl adjacent to an activating group) is 1. The standard InChI is InChI=1S/C12H26N2O/c1-4-12(9-13-2)14-7-5-11(6-8-14)10-15-3/h11-13H,4-10H2,1-3H3. The van der Waals surface area contributed by atoms with Gasteiger partial charge in [-0.25, -0.2) is 0 Å². The molecule has 1 fully saturated rings. The minimum Gasteiger partial charge on any atom is -0.384 e. The summed E-state index contributed by atoms with van der Waals surface area (Å²) in [6.07, 6.45) is 3.85. The zero-order chi connectivity index (χ0) is 11.1. The number of nitrogens with one attached hydrogen (secondary N) is 1. The van der Waals surface area contributed by atoms with Crippen LogP contribution >= 0.6 is 0 Å². The van der Waals surface area contributed by atoms with Crippen LogP contribution in [0, 0.1) is 5.92 Å². The minimum atomic E-state index is 0.721. The summed E-state index contributed by atoms with van der Waals surface area (Å²) in [5, 5.41) is 3.29. The first kappa shape index (κ1) is 12.9. The molecule has 0 aliphatic carbocycles. The quantitative estimate of drug-likeness (QED) is 0.722. The lowest BCUT2D eigenvalue weighted by Crippen LogP contribution is -2.45. The van der Waals surface area contributed by atoms with Crippen LogP contribution in [0.15, 0.2) is 0 Å². The first-order chi connectivity index (χ1) is 7.31. The van der Waals surface area contributed by atoms with Gasteiger partial charge in [-0.05, 0) is 45.3 Å². The molecule has 1 atom stereocenters. The lowest BCUT2D eigenvalue weighted by atomic mass is 9.96. The van der Waals surface area contributed by atoms with Crippen LogP contribution in [0.3, 0.4) is 0 Å². The van der Waals surface area contributed by atoms with Gasteiger partial charge in [0.2, 0.25) is 0 Å². The molecule has 0 saturated carbocycles. The highest BCUT2D eigenvalue weighted by atomic mass is 16.5. The molecule has 1 aliphatic rings. The Labute approximate surface area is 94.2 Å². The second kappa shape index (κ2) is 7.20. The first-order valence-corrected chi connectivity index (χ1v) is 6.19. The fraction of sp³-hybridized carbons (Fsp3) is 1.00.